The number of amides is 1. The van der Waals surface area contributed by atoms with E-state index in [1.54, 1.807) is 41.6 Å². The Morgan fingerprint density at radius 2 is 1.97 bits per heavy atom. The van der Waals surface area contributed by atoms with Crippen molar-refractivity contribution < 1.29 is 9.90 Å². The monoisotopic (exact) mass is 484 g/mol. The van der Waals surface area contributed by atoms with Gasteiger partial charge in [-0.15, -0.1) is 0 Å². The van der Waals surface area contributed by atoms with Gasteiger partial charge in [0.15, 0.2) is 0 Å². The second-order valence-electron chi connectivity index (χ2n) is 9.77. The molecule has 1 amide bonds. The molecule has 4 N–H and O–H groups in total. The predicted molar refractivity (Wildman–Crippen MR) is 136 cm³/mol. The molecule has 5 heterocycles. The average Bonchev–Trinajstić information content (AvgIpc) is 3.64. The van der Waals surface area contributed by atoms with Gasteiger partial charge in [0.1, 0.15) is 5.69 Å². The quantitative estimate of drug-likeness (QED) is 0.392. The van der Waals surface area contributed by atoms with Crippen LogP contribution in [0, 0.1) is 11.8 Å². The SMILES string of the molecule is Cn1cc(-c2cnc3ccc(C(=O)Nc4cnccc4N4C[C@@H](N)[C@H](O)[C@@H](C5CC5)C4)nc3c2)cn1. The van der Waals surface area contributed by atoms with E-state index in [0.717, 1.165) is 29.7 Å². The van der Waals surface area contributed by atoms with E-state index in [9.17, 15) is 9.90 Å². The molecule has 1 saturated heterocycles. The molecule has 6 rings (SSSR count). The summed E-state index contributed by atoms with van der Waals surface area (Å²) in [6.07, 6.45) is 10.6. The maximum absolute atomic E-state index is 13.2. The molecule has 4 aromatic heterocycles. The van der Waals surface area contributed by atoms with E-state index in [-0.39, 0.29) is 23.6 Å². The van der Waals surface area contributed by atoms with Crippen LogP contribution in [0.5, 0.6) is 0 Å². The summed E-state index contributed by atoms with van der Waals surface area (Å²) in [6, 6.07) is 6.90. The van der Waals surface area contributed by atoms with Crippen LogP contribution in [0.1, 0.15) is 23.3 Å². The Kier molecular flexibility index (Phi) is 5.62. The lowest BCUT2D eigenvalue weighted by molar-refractivity contribution is 0.0594. The number of hydrogen-bond acceptors (Lipinski definition) is 8. The molecule has 0 spiro atoms. The first kappa shape index (κ1) is 22.6. The Hall–Kier alpha value is -3.89. The maximum atomic E-state index is 13.2. The van der Waals surface area contributed by atoms with Crippen molar-refractivity contribution in [2.75, 3.05) is 23.3 Å². The summed E-state index contributed by atoms with van der Waals surface area (Å²) >= 11 is 0. The summed E-state index contributed by atoms with van der Waals surface area (Å²) in [5.41, 5.74) is 11.1. The van der Waals surface area contributed by atoms with E-state index >= 15 is 0 Å². The maximum Gasteiger partial charge on any atom is 0.274 e. The number of aliphatic hydroxyl groups excluding tert-OH is 1. The van der Waals surface area contributed by atoms with E-state index in [1.807, 2.05) is 25.4 Å². The number of nitrogens with zero attached hydrogens (tertiary/aromatic N) is 6. The van der Waals surface area contributed by atoms with E-state index in [1.165, 1.54) is 0 Å². The number of hydrogen-bond donors (Lipinski definition) is 3. The third kappa shape index (κ3) is 4.29. The van der Waals surface area contributed by atoms with Crippen LogP contribution >= 0.6 is 0 Å². The summed E-state index contributed by atoms with van der Waals surface area (Å²) in [7, 11) is 1.86. The smallest absolute Gasteiger partial charge is 0.274 e. The molecule has 0 aromatic carbocycles. The minimum atomic E-state index is -0.499. The first-order valence-corrected chi connectivity index (χ1v) is 12.2. The largest absolute Gasteiger partial charge is 0.391 e. The molecule has 3 atom stereocenters. The highest BCUT2D eigenvalue weighted by Gasteiger charge is 2.43. The van der Waals surface area contributed by atoms with Crippen molar-refractivity contribution in [1.29, 1.82) is 0 Å². The molecule has 2 aliphatic rings. The molecular weight excluding hydrogens is 456 g/mol. The summed E-state index contributed by atoms with van der Waals surface area (Å²) < 4.78 is 1.73. The number of aromatic nitrogens is 5. The second kappa shape index (κ2) is 8.96. The van der Waals surface area contributed by atoms with Gasteiger partial charge in [0.05, 0.1) is 40.9 Å². The number of nitrogens with two attached hydrogens (primary N) is 1. The van der Waals surface area contributed by atoms with Gasteiger partial charge in [-0.25, -0.2) is 4.98 Å². The second-order valence-corrected chi connectivity index (χ2v) is 9.77. The van der Waals surface area contributed by atoms with Crippen molar-refractivity contribution in [3.8, 4) is 11.1 Å². The zero-order valence-electron chi connectivity index (χ0n) is 20.0. The van der Waals surface area contributed by atoms with Gasteiger partial charge in [0.2, 0.25) is 0 Å². The minimum absolute atomic E-state index is 0.133. The van der Waals surface area contributed by atoms with E-state index in [4.69, 9.17) is 5.73 Å². The fourth-order valence-electron chi connectivity index (χ4n) is 5.07. The number of aryl methyl sites for hydroxylation is 1. The van der Waals surface area contributed by atoms with Crippen LogP contribution in [-0.4, -0.2) is 61.0 Å². The third-order valence-corrected chi connectivity index (χ3v) is 7.16. The molecule has 0 bridgehead atoms. The zero-order chi connectivity index (χ0) is 24.8. The highest BCUT2D eigenvalue weighted by molar-refractivity contribution is 6.05. The molecule has 10 nitrogen and oxygen atoms in total. The number of fused-ring (bicyclic) bond motifs is 1. The third-order valence-electron chi connectivity index (χ3n) is 7.16. The Labute approximate surface area is 208 Å². The van der Waals surface area contributed by atoms with Crippen molar-refractivity contribution in [2.24, 2.45) is 24.6 Å². The molecule has 1 aliphatic carbocycles. The van der Waals surface area contributed by atoms with E-state index < -0.39 is 6.10 Å². The van der Waals surface area contributed by atoms with E-state index in [2.05, 4.69) is 30.3 Å². The molecule has 1 aliphatic heterocycles. The van der Waals surface area contributed by atoms with Gasteiger partial charge in [-0.1, -0.05) is 0 Å². The highest BCUT2D eigenvalue weighted by atomic mass is 16.3. The molecule has 184 valence electrons. The number of pyridine rings is 3. The van der Waals surface area contributed by atoms with Crippen LogP contribution in [-0.2, 0) is 7.05 Å². The molecule has 0 unspecified atom stereocenters. The van der Waals surface area contributed by atoms with Gasteiger partial charge in [-0.05, 0) is 43.0 Å². The molecule has 2 fully saturated rings. The lowest BCUT2D eigenvalue weighted by Crippen LogP contribution is -2.57. The first-order chi connectivity index (χ1) is 17.5. The number of nitrogens with one attached hydrogen (secondary N) is 1. The Bertz CT molecular complexity index is 1430. The van der Waals surface area contributed by atoms with Crippen molar-refractivity contribution in [2.45, 2.75) is 25.0 Å². The van der Waals surface area contributed by atoms with Gasteiger partial charge in [0, 0.05) is 61.8 Å². The van der Waals surface area contributed by atoms with Crippen LogP contribution in [0.15, 0.2) is 55.2 Å². The van der Waals surface area contributed by atoms with Crippen LogP contribution in [0.3, 0.4) is 0 Å². The van der Waals surface area contributed by atoms with Crippen molar-refractivity contribution in [1.82, 2.24) is 24.7 Å². The zero-order valence-corrected chi connectivity index (χ0v) is 20.0. The Balaban J connectivity index is 1.26. The highest BCUT2D eigenvalue weighted by Crippen LogP contribution is 2.42. The molecule has 4 aromatic rings. The summed E-state index contributed by atoms with van der Waals surface area (Å²) in [6.45, 7) is 1.21. The Morgan fingerprint density at radius 3 is 2.75 bits per heavy atom. The Morgan fingerprint density at radius 1 is 1.11 bits per heavy atom. The normalized spacial score (nSPS) is 22.1. The minimum Gasteiger partial charge on any atom is -0.391 e. The summed E-state index contributed by atoms with van der Waals surface area (Å²) in [4.78, 5) is 28.7. The predicted octanol–water partition coefficient (Wildman–Crippen LogP) is 2.21. The van der Waals surface area contributed by atoms with Crippen molar-refractivity contribution in [3.05, 3.63) is 60.9 Å². The fraction of sp³-hybridized carbons (Fsp3) is 0.346. The lowest BCUT2D eigenvalue weighted by Gasteiger charge is -2.42. The van der Waals surface area contributed by atoms with Gasteiger partial charge in [0.25, 0.3) is 5.91 Å². The fourth-order valence-corrected chi connectivity index (χ4v) is 5.07. The standard InChI is InChI=1S/C26H28N8O2/c1-33-12-17(10-30-33)16-8-22-20(29-9-16)4-5-21(31-22)26(36)32-23-11-28-7-6-24(23)34-13-18(15-2-3-15)25(35)19(27)14-34/h4-12,15,18-19,25,35H,2-3,13-14,27H2,1H3,(H,32,36)/t18-,19-,25-/m1/s1. The van der Waals surface area contributed by atoms with E-state index in [0.29, 0.717) is 35.7 Å². The molecule has 1 saturated carbocycles. The molecule has 36 heavy (non-hydrogen) atoms. The number of anilines is 2. The average molecular weight is 485 g/mol. The van der Waals surface area contributed by atoms with Crippen LogP contribution in [0.2, 0.25) is 0 Å². The number of carbonyl (C=O) groups excluding carboxylic acids is 1. The van der Waals surface area contributed by atoms with Crippen LogP contribution < -0.4 is 16.0 Å². The van der Waals surface area contributed by atoms with Gasteiger partial charge < -0.3 is 21.1 Å². The molecular formula is C26H28N8O2. The topological polar surface area (TPSA) is 135 Å². The van der Waals surface area contributed by atoms with Crippen molar-refractivity contribution in [3.63, 3.8) is 0 Å². The van der Waals surface area contributed by atoms with Gasteiger partial charge in [-0.3, -0.25) is 19.4 Å². The van der Waals surface area contributed by atoms with Crippen LogP contribution in [0.4, 0.5) is 11.4 Å². The summed E-state index contributed by atoms with van der Waals surface area (Å²) in [5.74, 6) is 0.313. The van der Waals surface area contributed by atoms with Crippen molar-refractivity contribution >= 4 is 28.3 Å². The van der Waals surface area contributed by atoms with Gasteiger partial charge in [-0.2, -0.15) is 5.10 Å². The lowest BCUT2D eigenvalue weighted by atomic mass is 9.87. The first-order valence-electron chi connectivity index (χ1n) is 12.2. The number of piperidine rings is 1. The summed E-state index contributed by atoms with van der Waals surface area (Å²) in [5, 5.41) is 17.8. The number of carbonyl (C=O) groups is 1. The van der Waals surface area contributed by atoms with Gasteiger partial charge >= 0.3 is 0 Å². The van der Waals surface area contributed by atoms with Crippen LogP contribution in [0.25, 0.3) is 22.2 Å². The number of aliphatic hydroxyl groups is 1. The number of rotatable bonds is 5. The molecule has 0 radical (unpaired) electrons. The molecule has 10 heteroatoms.